The van der Waals surface area contributed by atoms with Gasteiger partial charge in [0.05, 0.1) is 0 Å². The van der Waals surface area contributed by atoms with Crippen molar-refractivity contribution in [2.45, 2.75) is 52.0 Å². The van der Waals surface area contributed by atoms with Crippen molar-refractivity contribution >= 4 is 0 Å². The molecule has 1 atom stereocenters. The van der Waals surface area contributed by atoms with Gasteiger partial charge in [-0.2, -0.15) is 0 Å². The summed E-state index contributed by atoms with van der Waals surface area (Å²) < 4.78 is 0. The minimum atomic E-state index is 0.439. The van der Waals surface area contributed by atoms with E-state index in [0.29, 0.717) is 5.54 Å². The van der Waals surface area contributed by atoms with Gasteiger partial charge in [0, 0.05) is 31.7 Å². The molecule has 0 amide bonds. The number of piperazine rings is 1. The molecule has 2 aliphatic heterocycles. The van der Waals surface area contributed by atoms with E-state index in [0.717, 1.165) is 12.5 Å². The van der Waals surface area contributed by atoms with Gasteiger partial charge < -0.3 is 10.6 Å². The van der Waals surface area contributed by atoms with Gasteiger partial charge in [0.25, 0.3) is 0 Å². The minimum absolute atomic E-state index is 0.439. The van der Waals surface area contributed by atoms with Gasteiger partial charge in [0.2, 0.25) is 0 Å². The molecule has 0 aromatic carbocycles. The Bertz CT molecular complexity index is 306. The second-order valence-corrected chi connectivity index (χ2v) is 7.06. The van der Waals surface area contributed by atoms with Crippen molar-refractivity contribution in [3.05, 3.63) is 11.6 Å². The molecule has 2 fully saturated rings. The van der Waals surface area contributed by atoms with Gasteiger partial charge in [0.1, 0.15) is 0 Å². The summed E-state index contributed by atoms with van der Waals surface area (Å²) >= 11 is 0. The summed E-state index contributed by atoms with van der Waals surface area (Å²) in [6, 6.07) is 0. The third kappa shape index (κ3) is 4.31. The van der Waals surface area contributed by atoms with Crippen LogP contribution in [0.4, 0.5) is 0 Å². The maximum absolute atomic E-state index is 3.63. The largest absolute Gasteiger partial charge is 0.317 e. The summed E-state index contributed by atoms with van der Waals surface area (Å²) in [6.07, 6.45) is 7.56. The van der Waals surface area contributed by atoms with Gasteiger partial charge >= 0.3 is 0 Å². The molecule has 0 saturated carbocycles. The molecule has 3 nitrogen and oxygen atoms in total. The van der Waals surface area contributed by atoms with Gasteiger partial charge in [-0.3, -0.25) is 4.90 Å². The predicted octanol–water partition coefficient (Wildman–Crippen LogP) is 2.40. The lowest BCUT2D eigenvalue weighted by molar-refractivity contribution is 0.0215. The molecular weight excluding hydrogens is 246 g/mol. The van der Waals surface area contributed by atoms with Crippen LogP contribution in [0.3, 0.4) is 0 Å². The molecule has 2 N–H and O–H groups in total. The lowest BCUT2D eigenvalue weighted by Crippen LogP contribution is -2.65. The Labute approximate surface area is 125 Å². The van der Waals surface area contributed by atoms with Gasteiger partial charge in [-0.05, 0) is 58.5 Å². The highest BCUT2D eigenvalue weighted by atomic mass is 15.3. The molecule has 2 heterocycles. The molecule has 0 aromatic heterocycles. The molecule has 2 saturated heterocycles. The number of hydrogen-bond acceptors (Lipinski definition) is 3. The Balaban J connectivity index is 1.86. The minimum Gasteiger partial charge on any atom is -0.317 e. The molecule has 3 heteroatoms. The van der Waals surface area contributed by atoms with E-state index in [4.69, 9.17) is 0 Å². The van der Waals surface area contributed by atoms with Crippen LogP contribution >= 0.6 is 0 Å². The van der Waals surface area contributed by atoms with Gasteiger partial charge in [-0.15, -0.1) is 0 Å². The standard InChI is InChI=1S/C17H33N3/c1-15(2)5-4-6-16(3)13-20-12-11-19-14-17(20)7-9-18-10-8-17/h5,16,18-19H,4,6-14H2,1-3H3. The lowest BCUT2D eigenvalue weighted by atomic mass is 9.84. The predicted molar refractivity (Wildman–Crippen MR) is 87.1 cm³/mol. The van der Waals surface area contributed by atoms with E-state index in [9.17, 15) is 0 Å². The molecule has 0 aromatic rings. The van der Waals surface area contributed by atoms with E-state index in [-0.39, 0.29) is 0 Å². The van der Waals surface area contributed by atoms with Crippen LogP contribution in [-0.2, 0) is 0 Å². The first kappa shape index (κ1) is 16.0. The zero-order valence-electron chi connectivity index (χ0n) is 13.7. The van der Waals surface area contributed by atoms with Crippen molar-refractivity contribution < 1.29 is 0 Å². The van der Waals surface area contributed by atoms with Crippen molar-refractivity contribution in [3.63, 3.8) is 0 Å². The highest BCUT2D eigenvalue weighted by Crippen LogP contribution is 2.29. The van der Waals surface area contributed by atoms with E-state index in [1.165, 1.54) is 64.0 Å². The Morgan fingerprint density at radius 3 is 2.65 bits per heavy atom. The smallest absolute Gasteiger partial charge is 0.0358 e. The van der Waals surface area contributed by atoms with Crippen LogP contribution in [0.25, 0.3) is 0 Å². The zero-order chi connectivity index (χ0) is 14.4. The zero-order valence-corrected chi connectivity index (χ0v) is 13.7. The van der Waals surface area contributed by atoms with Crippen LogP contribution in [0.2, 0.25) is 0 Å². The Morgan fingerprint density at radius 2 is 1.95 bits per heavy atom. The molecule has 2 rings (SSSR count). The van der Waals surface area contributed by atoms with Crippen LogP contribution < -0.4 is 10.6 Å². The fraction of sp³-hybridized carbons (Fsp3) is 0.882. The molecule has 1 spiro atoms. The summed E-state index contributed by atoms with van der Waals surface area (Å²) in [6.45, 7) is 14.1. The normalized spacial score (nSPS) is 24.6. The van der Waals surface area contributed by atoms with E-state index < -0.39 is 0 Å². The quantitative estimate of drug-likeness (QED) is 0.757. The summed E-state index contributed by atoms with van der Waals surface area (Å²) in [5.41, 5.74) is 1.89. The fourth-order valence-corrected chi connectivity index (χ4v) is 3.68. The van der Waals surface area contributed by atoms with Crippen LogP contribution in [0.1, 0.15) is 46.5 Å². The average molecular weight is 279 g/mol. The van der Waals surface area contributed by atoms with Crippen molar-refractivity contribution in [3.8, 4) is 0 Å². The summed E-state index contributed by atoms with van der Waals surface area (Å²) in [5.74, 6) is 0.801. The lowest BCUT2D eigenvalue weighted by Gasteiger charge is -2.50. The van der Waals surface area contributed by atoms with Crippen LogP contribution in [0.5, 0.6) is 0 Å². The fourth-order valence-electron chi connectivity index (χ4n) is 3.68. The number of nitrogens with zero attached hydrogens (tertiary/aromatic N) is 1. The molecule has 116 valence electrons. The summed E-state index contributed by atoms with van der Waals surface area (Å²) in [7, 11) is 0. The molecule has 0 bridgehead atoms. The van der Waals surface area contributed by atoms with E-state index in [2.05, 4.69) is 42.4 Å². The summed E-state index contributed by atoms with van der Waals surface area (Å²) in [5, 5.41) is 7.14. The van der Waals surface area contributed by atoms with E-state index >= 15 is 0 Å². The SMILES string of the molecule is CC(C)=CCCC(C)CN1CCNCC12CCNCC2. The first-order valence-electron chi connectivity index (χ1n) is 8.42. The Hall–Kier alpha value is -0.380. The Kier molecular flexibility index (Phi) is 6.06. The third-order valence-corrected chi connectivity index (χ3v) is 4.96. The van der Waals surface area contributed by atoms with E-state index in [1.54, 1.807) is 0 Å². The molecule has 20 heavy (non-hydrogen) atoms. The highest BCUT2D eigenvalue weighted by Gasteiger charge is 2.39. The number of piperidine rings is 1. The van der Waals surface area contributed by atoms with Gasteiger partial charge in [-0.1, -0.05) is 18.6 Å². The number of rotatable bonds is 5. The number of nitrogens with one attached hydrogen (secondary N) is 2. The first-order chi connectivity index (χ1) is 9.62. The molecule has 2 aliphatic rings. The third-order valence-electron chi connectivity index (χ3n) is 4.96. The van der Waals surface area contributed by atoms with Crippen molar-refractivity contribution in [1.82, 2.24) is 15.5 Å². The average Bonchev–Trinajstić information content (AvgIpc) is 2.42. The van der Waals surface area contributed by atoms with Crippen LogP contribution in [0, 0.1) is 5.92 Å². The highest BCUT2D eigenvalue weighted by molar-refractivity contribution is 4.99. The molecule has 0 radical (unpaired) electrons. The Morgan fingerprint density at radius 1 is 1.20 bits per heavy atom. The maximum Gasteiger partial charge on any atom is 0.0358 e. The molecule has 1 unspecified atom stereocenters. The van der Waals surface area contributed by atoms with Crippen molar-refractivity contribution in [2.24, 2.45) is 5.92 Å². The van der Waals surface area contributed by atoms with Gasteiger partial charge in [-0.25, -0.2) is 0 Å². The van der Waals surface area contributed by atoms with Crippen molar-refractivity contribution in [2.75, 3.05) is 39.3 Å². The first-order valence-corrected chi connectivity index (χ1v) is 8.42. The van der Waals surface area contributed by atoms with Crippen molar-refractivity contribution in [1.29, 1.82) is 0 Å². The van der Waals surface area contributed by atoms with Crippen LogP contribution in [-0.4, -0.2) is 49.7 Å². The second kappa shape index (κ2) is 7.58. The number of allylic oxidation sites excluding steroid dienone is 2. The topological polar surface area (TPSA) is 27.3 Å². The summed E-state index contributed by atoms with van der Waals surface area (Å²) in [4.78, 5) is 2.80. The van der Waals surface area contributed by atoms with Crippen LogP contribution in [0.15, 0.2) is 11.6 Å². The second-order valence-electron chi connectivity index (χ2n) is 7.06. The van der Waals surface area contributed by atoms with E-state index in [1.807, 2.05) is 0 Å². The molecular formula is C17H33N3. The monoisotopic (exact) mass is 279 g/mol. The van der Waals surface area contributed by atoms with Gasteiger partial charge in [0.15, 0.2) is 0 Å². The molecule has 0 aliphatic carbocycles. The maximum atomic E-state index is 3.63. The number of hydrogen-bond donors (Lipinski definition) is 2.